The number of carbonyl (C=O) groups is 1. The van der Waals surface area contributed by atoms with Crippen molar-refractivity contribution in [3.63, 3.8) is 0 Å². The molecule has 0 heterocycles. The Labute approximate surface area is 174 Å². The average Bonchev–Trinajstić information content (AvgIpc) is 3.10. The molecule has 4 atom stereocenters. The summed E-state index contributed by atoms with van der Waals surface area (Å²) >= 11 is 0. The van der Waals surface area contributed by atoms with E-state index in [0.717, 1.165) is 30.4 Å². The molecule has 2 saturated carbocycles. The van der Waals surface area contributed by atoms with Gasteiger partial charge in [0.15, 0.2) is 0 Å². The third-order valence-corrected chi connectivity index (χ3v) is 6.00. The average molecular weight is 396 g/mol. The number of carbonyl (C=O) groups excluding carboxylic acids is 1. The van der Waals surface area contributed by atoms with Crippen molar-refractivity contribution in [2.45, 2.75) is 38.2 Å². The zero-order valence-corrected chi connectivity index (χ0v) is 17.5. The van der Waals surface area contributed by atoms with Crippen LogP contribution in [0.3, 0.4) is 0 Å². The Kier molecular flexibility index (Phi) is 7.84. The van der Waals surface area contributed by atoms with Crippen LogP contribution in [0.15, 0.2) is 60.7 Å². The molecule has 156 valence electrons. The van der Waals surface area contributed by atoms with Gasteiger partial charge >= 0.3 is 5.97 Å². The Bertz CT molecular complexity index is 704. The molecular weight excluding hydrogens is 362 g/mol. The van der Waals surface area contributed by atoms with Crippen molar-refractivity contribution in [3.05, 3.63) is 66.2 Å². The van der Waals surface area contributed by atoms with Crippen molar-refractivity contribution >= 4 is 5.97 Å². The van der Waals surface area contributed by atoms with Crippen molar-refractivity contribution in [2.75, 3.05) is 20.6 Å². The Balaban J connectivity index is 0.000000169. The second-order valence-electron chi connectivity index (χ2n) is 8.62. The van der Waals surface area contributed by atoms with Gasteiger partial charge in [0.1, 0.15) is 5.75 Å². The summed E-state index contributed by atoms with van der Waals surface area (Å²) < 4.78 is 5.18. The van der Waals surface area contributed by atoms with Crippen LogP contribution in [0.2, 0.25) is 0 Å². The first-order valence-electron chi connectivity index (χ1n) is 10.6. The van der Waals surface area contributed by atoms with Crippen molar-refractivity contribution in [1.82, 2.24) is 4.90 Å². The Morgan fingerprint density at radius 1 is 1.00 bits per heavy atom. The lowest BCUT2D eigenvalue weighted by atomic mass is 9.77. The minimum Gasteiger partial charge on any atom is -0.426 e. The molecule has 0 spiro atoms. The molecule has 2 bridgehead atoms. The zero-order valence-electron chi connectivity index (χ0n) is 17.5. The molecule has 2 aliphatic carbocycles. The Morgan fingerprint density at radius 3 is 2.31 bits per heavy atom. The molecular formula is C25H33NO3. The maximum absolute atomic E-state index is 11.6. The zero-order chi connectivity index (χ0) is 20.6. The normalized spacial score (nSPS) is 25.2. The van der Waals surface area contributed by atoms with Crippen molar-refractivity contribution in [3.8, 4) is 5.75 Å². The minimum atomic E-state index is -0.239. The number of nitrogens with zero attached hydrogens (tertiary/aromatic N) is 1. The lowest BCUT2D eigenvalue weighted by Crippen LogP contribution is -2.38. The van der Waals surface area contributed by atoms with Gasteiger partial charge < -0.3 is 14.7 Å². The number of hydrogen-bond acceptors (Lipinski definition) is 4. The summed E-state index contributed by atoms with van der Waals surface area (Å²) in [5, 5.41) is 9.97. The topological polar surface area (TPSA) is 49.8 Å². The van der Waals surface area contributed by atoms with Crippen LogP contribution in [-0.4, -0.2) is 42.7 Å². The van der Waals surface area contributed by atoms with Crippen LogP contribution in [-0.2, 0) is 11.2 Å². The molecule has 2 unspecified atom stereocenters. The van der Waals surface area contributed by atoms with Crippen LogP contribution in [0.5, 0.6) is 5.75 Å². The van der Waals surface area contributed by atoms with Gasteiger partial charge in [-0.15, -0.1) is 0 Å². The van der Waals surface area contributed by atoms with Crippen LogP contribution in [0.4, 0.5) is 0 Å². The molecule has 2 aromatic carbocycles. The van der Waals surface area contributed by atoms with E-state index in [1.54, 1.807) is 12.1 Å². The number of ether oxygens (including phenoxy) is 1. The van der Waals surface area contributed by atoms with Gasteiger partial charge in [-0.05, 0) is 62.9 Å². The van der Waals surface area contributed by atoms with E-state index in [9.17, 15) is 9.90 Å². The summed E-state index contributed by atoms with van der Waals surface area (Å²) in [6.45, 7) is 1.07. The molecule has 0 radical (unpaired) electrons. The van der Waals surface area contributed by atoms with Gasteiger partial charge in [0.05, 0.1) is 12.5 Å². The van der Waals surface area contributed by atoms with Crippen molar-refractivity contribution < 1.29 is 14.6 Å². The number of rotatable bonds is 5. The van der Waals surface area contributed by atoms with Gasteiger partial charge in [0.25, 0.3) is 0 Å². The fourth-order valence-corrected chi connectivity index (χ4v) is 4.66. The molecule has 4 rings (SSSR count). The predicted octanol–water partition coefficient (Wildman–Crippen LogP) is 4.18. The summed E-state index contributed by atoms with van der Waals surface area (Å²) in [7, 11) is 4.21. The molecule has 2 fully saturated rings. The lowest BCUT2D eigenvalue weighted by Gasteiger charge is -2.35. The molecule has 29 heavy (non-hydrogen) atoms. The van der Waals surface area contributed by atoms with Gasteiger partial charge in [-0.1, -0.05) is 55.0 Å². The maximum Gasteiger partial charge on any atom is 0.315 e. The highest BCUT2D eigenvalue weighted by Gasteiger charge is 2.40. The molecule has 4 heteroatoms. The lowest BCUT2D eigenvalue weighted by molar-refractivity contribution is -0.133. The Hall–Kier alpha value is -2.17. The molecule has 4 nitrogen and oxygen atoms in total. The molecule has 2 aliphatic rings. The van der Waals surface area contributed by atoms with E-state index in [0.29, 0.717) is 18.1 Å². The van der Waals surface area contributed by atoms with E-state index in [2.05, 4.69) is 19.0 Å². The van der Waals surface area contributed by atoms with E-state index in [1.807, 2.05) is 48.5 Å². The monoisotopic (exact) mass is 395 g/mol. The molecule has 1 N–H and O–H groups in total. The number of fused-ring (bicyclic) bond motifs is 2. The largest absolute Gasteiger partial charge is 0.426 e. The predicted molar refractivity (Wildman–Crippen MR) is 116 cm³/mol. The van der Waals surface area contributed by atoms with E-state index >= 15 is 0 Å². The van der Waals surface area contributed by atoms with Gasteiger partial charge in [0.2, 0.25) is 0 Å². The summed E-state index contributed by atoms with van der Waals surface area (Å²) in [6.07, 6.45) is 5.46. The standard InChI is InChI=1S/C14H12O2.C11H21NO/c15-14(11-12-7-3-1-4-8-12)16-13-9-5-2-6-10-13;1-12(2)7-10-9-4-3-8(5-9)6-11(10)13/h1-10H,11H2;8-11,13H,3-7H2,1-2H3/t;8-,9+,10?,11?/m.0/s1. The van der Waals surface area contributed by atoms with Crippen LogP contribution >= 0.6 is 0 Å². The van der Waals surface area contributed by atoms with E-state index in [1.165, 1.54) is 19.3 Å². The number of benzene rings is 2. The van der Waals surface area contributed by atoms with Gasteiger partial charge in [0, 0.05) is 12.5 Å². The highest BCUT2D eigenvalue weighted by atomic mass is 16.5. The van der Waals surface area contributed by atoms with Crippen LogP contribution in [0.1, 0.15) is 31.2 Å². The summed E-state index contributed by atoms with van der Waals surface area (Å²) in [6, 6.07) is 18.7. The van der Waals surface area contributed by atoms with Gasteiger partial charge in [-0.3, -0.25) is 4.79 Å². The smallest absolute Gasteiger partial charge is 0.315 e. The number of esters is 1. The van der Waals surface area contributed by atoms with Crippen molar-refractivity contribution in [1.29, 1.82) is 0 Å². The summed E-state index contributed by atoms with van der Waals surface area (Å²) in [5.41, 5.74) is 0.962. The summed E-state index contributed by atoms with van der Waals surface area (Å²) in [5.74, 6) is 2.56. The van der Waals surface area contributed by atoms with Gasteiger partial charge in [-0.2, -0.15) is 0 Å². The number of aliphatic hydroxyl groups excluding tert-OH is 1. The number of para-hydroxylation sites is 1. The van der Waals surface area contributed by atoms with Gasteiger partial charge in [-0.25, -0.2) is 0 Å². The highest BCUT2D eigenvalue weighted by molar-refractivity contribution is 5.75. The van der Waals surface area contributed by atoms with E-state index in [-0.39, 0.29) is 12.1 Å². The third-order valence-electron chi connectivity index (χ3n) is 6.00. The van der Waals surface area contributed by atoms with E-state index < -0.39 is 0 Å². The first-order valence-corrected chi connectivity index (χ1v) is 10.6. The molecule has 2 aromatic rings. The number of hydrogen-bond donors (Lipinski definition) is 1. The first-order chi connectivity index (χ1) is 14.0. The second-order valence-corrected chi connectivity index (χ2v) is 8.62. The molecule has 0 aliphatic heterocycles. The minimum absolute atomic E-state index is 0.0198. The van der Waals surface area contributed by atoms with E-state index in [4.69, 9.17) is 4.74 Å². The third kappa shape index (κ3) is 6.69. The van der Waals surface area contributed by atoms with Crippen molar-refractivity contribution in [2.24, 2.45) is 17.8 Å². The molecule has 0 amide bonds. The quantitative estimate of drug-likeness (QED) is 0.609. The van der Waals surface area contributed by atoms with Crippen LogP contribution in [0, 0.1) is 17.8 Å². The summed E-state index contributed by atoms with van der Waals surface area (Å²) in [4.78, 5) is 13.8. The van der Waals surface area contributed by atoms with Crippen LogP contribution < -0.4 is 4.74 Å². The Morgan fingerprint density at radius 2 is 1.66 bits per heavy atom. The fraction of sp³-hybridized carbons (Fsp3) is 0.480. The van der Waals surface area contributed by atoms with Crippen LogP contribution in [0.25, 0.3) is 0 Å². The maximum atomic E-state index is 11.6. The number of aliphatic hydroxyl groups is 1. The second kappa shape index (κ2) is 10.6. The fourth-order valence-electron chi connectivity index (χ4n) is 4.66. The first kappa shape index (κ1) is 21.5. The SMILES string of the molecule is CN(C)CC1C(O)C[C@H]2CC[C@@H]1C2.O=C(Cc1ccccc1)Oc1ccccc1. The highest BCUT2D eigenvalue weighted by Crippen LogP contribution is 2.45. The molecule has 0 aromatic heterocycles. The molecule has 0 saturated heterocycles.